The second kappa shape index (κ2) is 5.16. The van der Waals surface area contributed by atoms with Crippen LogP contribution in [-0.2, 0) is 4.79 Å². The quantitative estimate of drug-likeness (QED) is 0.559. The molecule has 2 atom stereocenters. The molecule has 0 aliphatic heterocycles. The lowest BCUT2D eigenvalue weighted by atomic mass is 9.63. The number of rotatable bonds is 0. The maximum absolute atomic E-state index is 12.8. The fraction of sp³-hybridized carbons (Fsp3) is 0.900. The van der Waals surface area contributed by atoms with E-state index in [0.29, 0.717) is 0 Å². The molecule has 136 valence electrons. The minimum atomic E-state index is -6.45. The van der Waals surface area contributed by atoms with Gasteiger partial charge in [-0.3, -0.25) is 4.79 Å². The average molecular weight is 370 g/mol. The van der Waals surface area contributed by atoms with Gasteiger partial charge in [-0.15, -0.1) is 0 Å². The number of Topliss-reactive ketones (excluding diaryl/α,β-unsaturated/α-hetero) is 1. The van der Waals surface area contributed by atoms with Gasteiger partial charge in [0.15, 0.2) is 11.2 Å². The smallest absolute Gasteiger partial charge is 0.298 e. The molecule has 0 spiro atoms. The van der Waals surface area contributed by atoms with Gasteiger partial charge in [0.25, 0.3) is 0 Å². The molecule has 0 saturated heterocycles. The van der Waals surface area contributed by atoms with Gasteiger partial charge in [0.2, 0.25) is 0 Å². The van der Waals surface area contributed by atoms with E-state index in [1.165, 1.54) is 0 Å². The molecule has 23 heavy (non-hydrogen) atoms. The van der Waals surface area contributed by atoms with Gasteiger partial charge < -0.3 is 0 Å². The summed E-state index contributed by atoms with van der Waals surface area (Å²) in [5.74, 6) is -10.8. The number of hydrogen-bond acceptors (Lipinski definition) is 1. The molecule has 0 radical (unpaired) electrons. The second-order valence-electron chi connectivity index (χ2n) is 5.08. The Hall–Kier alpha value is -1.17. The highest BCUT2D eigenvalue weighted by molar-refractivity contribution is 5.86. The summed E-state index contributed by atoms with van der Waals surface area (Å²) >= 11 is 0. The van der Waals surface area contributed by atoms with Gasteiger partial charge in [0, 0.05) is 0 Å². The summed E-state index contributed by atoms with van der Waals surface area (Å²) < 4.78 is 152. The number of carbonyl (C=O) groups excluding carboxylic acids is 1. The fourth-order valence-electron chi connectivity index (χ4n) is 2.40. The van der Waals surface area contributed by atoms with E-state index in [9.17, 15) is 57.5 Å². The van der Waals surface area contributed by atoms with Crippen molar-refractivity contribution in [2.24, 2.45) is 17.3 Å². The summed E-state index contributed by atoms with van der Waals surface area (Å²) in [6, 6.07) is 0. The van der Waals surface area contributed by atoms with Gasteiger partial charge in [-0.2, -0.15) is 52.7 Å². The van der Waals surface area contributed by atoms with Crippen LogP contribution >= 0.6 is 0 Å². The third-order valence-corrected chi connectivity index (χ3v) is 3.67. The lowest BCUT2D eigenvalue weighted by Gasteiger charge is -2.45. The lowest BCUT2D eigenvalue weighted by Crippen LogP contribution is -2.60. The average Bonchev–Trinajstić information content (AvgIpc) is 2.22. The first-order chi connectivity index (χ1) is 9.84. The Morgan fingerprint density at radius 2 is 0.913 bits per heavy atom. The SMILES string of the molecule is O=C1C(C(F)(F)F)CC(C(F)(F)F)(C(F)(F)F)CC1C(F)(F)F. The van der Waals surface area contributed by atoms with E-state index in [-0.39, 0.29) is 0 Å². The van der Waals surface area contributed by atoms with E-state index < -0.39 is 60.6 Å². The standard InChI is InChI=1S/C10H6F12O/c11-7(12,13)3-1-6(9(17,18)19,10(20,21)22)2-4(5(3)23)8(14,15)16/h3-4H,1-2H2. The van der Waals surface area contributed by atoms with E-state index in [1.54, 1.807) is 0 Å². The van der Waals surface area contributed by atoms with Crippen LogP contribution in [0.25, 0.3) is 0 Å². The molecule has 0 N–H and O–H groups in total. The molecular formula is C10H6F12O. The summed E-state index contributed by atoms with van der Waals surface area (Å²) in [6.07, 6.45) is -30.5. The minimum Gasteiger partial charge on any atom is -0.298 e. The lowest BCUT2D eigenvalue weighted by molar-refractivity contribution is -0.366. The fourth-order valence-corrected chi connectivity index (χ4v) is 2.40. The van der Waals surface area contributed by atoms with Crippen LogP contribution in [0.3, 0.4) is 0 Å². The highest BCUT2D eigenvalue weighted by atomic mass is 19.4. The number of ketones is 1. The maximum Gasteiger partial charge on any atom is 0.403 e. The topological polar surface area (TPSA) is 17.1 Å². The van der Waals surface area contributed by atoms with E-state index >= 15 is 0 Å². The molecule has 0 heterocycles. The molecule has 0 amide bonds. The van der Waals surface area contributed by atoms with Gasteiger partial charge >= 0.3 is 24.7 Å². The molecular weight excluding hydrogens is 364 g/mol. The zero-order valence-electron chi connectivity index (χ0n) is 10.5. The van der Waals surface area contributed by atoms with Crippen LogP contribution in [0.5, 0.6) is 0 Å². The van der Waals surface area contributed by atoms with Gasteiger partial charge in [-0.25, -0.2) is 0 Å². The predicted molar refractivity (Wildman–Crippen MR) is 47.9 cm³/mol. The zero-order valence-corrected chi connectivity index (χ0v) is 10.5. The molecule has 1 saturated carbocycles. The Balaban J connectivity index is 3.58. The molecule has 1 nitrogen and oxygen atoms in total. The molecule has 2 unspecified atom stereocenters. The van der Waals surface area contributed by atoms with Gasteiger partial charge in [-0.05, 0) is 12.8 Å². The Morgan fingerprint density at radius 3 is 1.09 bits per heavy atom. The molecule has 0 aromatic rings. The molecule has 1 aliphatic rings. The molecule has 1 rings (SSSR count). The molecule has 0 aromatic heterocycles. The predicted octanol–water partition coefficient (Wildman–Crippen LogP) is 4.82. The summed E-state index contributed by atoms with van der Waals surface area (Å²) in [5.41, 5.74) is -5.27. The first kappa shape index (κ1) is 19.9. The van der Waals surface area contributed by atoms with Crippen LogP contribution in [0.2, 0.25) is 0 Å². The summed E-state index contributed by atoms with van der Waals surface area (Å²) in [5, 5.41) is 0. The summed E-state index contributed by atoms with van der Waals surface area (Å²) in [7, 11) is 0. The number of alkyl halides is 12. The van der Waals surface area contributed by atoms with Crippen LogP contribution in [0.15, 0.2) is 0 Å². The van der Waals surface area contributed by atoms with Crippen LogP contribution in [0.4, 0.5) is 52.7 Å². The minimum absolute atomic E-state index is 2.74. The summed E-state index contributed by atoms with van der Waals surface area (Å²) in [6.45, 7) is 0. The molecule has 0 bridgehead atoms. The van der Waals surface area contributed by atoms with Crippen molar-refractivity contribution in [2.75, 3.05) is 0 Å². The number of hydrogen-bond donors (Lipinski definition) is 0. The third-order valence-electron chi connectivity index (χ3n) is 3.67. The second-order valence-corrected chi connectivity index (χ2v) is 5.08. The number of carbonyl (C=O) groups is 1. The maximum atomic E-state index is 12.8. The molecule has 1 fully saturated rings. The Bertz CT molecular complexity index is 422. The highest BCUT2D eigenvalue weighted by Crippen LogP contribution is 2.63. The molecule has 1 aliphatic carbocycles. The van der Waals surface area contributed by atoms with Crippen molar-refractivity contribution in [2.45, 2.75) is 37.5 Å². The van der Waals surface area contributed by atoms with Crippen molar-refractivity contribution >= 4 is 5.78 Å². The largest absolute Gasteiger partial charge is 0.403 e. The first-order valence-corrected chi connectivity index (χ1v) is 5.65. The van der Waals surface area contributed by atoms with Crippen molar-refractivity contribution in [1.82, 2.24) is 0 Å². The Kier molecular flexibility index (Phi) is 4.46. The van der Waals surface area contributed by atoms with E-state index in [4.69, 9.17) is 0 Å². The third kappa shape index (κ3) is 3.37. The first-order valence-electron chi connectivity index (χ1n) is 5.65. The van der Waals surface area contributed by atoms with Crippen molar-refractivity contribution in [3.8, 4) is 0 Å². The van der Waals surface area contributed by atoms with Crippen LogP contribution in [-0.4, -0.2) is 30.5 Å². The van der Waals surface area contributed by atoms with Crippen molar-refractivity contribution in [3.05, 3.63) is 0 Å². The highest BCUT2D eigenvalue weighted by Gasteiger charge is 2.77. The molecule has 13 heteroatoms. The Morgan fingerprint density at radius 1 is 0.652 bits per heavy atom. The van der Waals surface area contributed by atoms with E-state index in [2.05, 4.69) is 0 Å². The number of halogens is 12. The van der Waals surface area contributed by atoms with Crippen molar-refractivity contribution in [3.63, 3.8) is 0 Å². The van der Waals surface area contributed by atoms with Crippen LogP contribution in [0.1, 0.15) is 12.8 Å². The van der Waals surface area contributed by atoms with Gasteiger partial charge in [-0.1, -0.05) is 0 Å². The summed E-state index contributed by atoms with van der Waals surface area (Å²) in [4.78, 5) is 11.2. The molecule has 0 aromatic carbocycles. The van der Waals surface area contributed by atoms with Gasteiger partial charge in [0.1, 0.15) is 11.8 Å². The Labute approximate surface area is 119 Å². The van der Waals surface area contributed by atoms with E-state index in [1.807, 2.05) is 0 Å². The van der Waals surface area contributed by atoms with E-state index in [0.717, 1.165) is 0 Å². The zero-order chi connectivity index (χ0) is 18.6. The van der Waals surface area contributed by atoms with Crippen LogP contribution < -0.4 is 0 Å². The van der Waals surface area contributed by atoms with Crippen molar-refractivity contribution in [1.29, 1.82) is 0 Å². The normalized spacial score (nSPS) is 27.2. The van der Waals surface area contributed by atoms with Crippen molar-refractivity contribution < 1.29 is 57.5 Å². The van der Waals surface area contributed by atoms with Crippen LogP contribution in [0, 0.1) is 17.3 Å². The van der Waals surface area contributed by atoms with Gasteiger partial charge in [0.05, 0.1) is 0 Å². The monoisotopic (exact) mass is 370 g/mol.